The molecule has 7 nitrogen and oxygen atoms in total. The molecule has 1 amide bonds. The van der Waals surface area contributed by atoms with Gasteiger partial charge >= 0.3 is 0 Å². The zero-order valence-corrected chi connectivity index (χ0v) is 14.5. The van der Waals surface area contributed by atoms with Crippen LogP contribution < -0.4 is 4.90 Å². The molecule has 2 aromatic heterocycles. The fraction of sp³-hybridized carbons (Fsp3) is 0.556. The maximum atomic E-state index is 12.7. The topological polar surface area (TPSA) is 71.5 Å². The van der Waals surface area contributed by atoms with Gasteiger partial charge in [0.25, 0.3) is 0 Å². The molecular weight excluding hydrogens is 318 g/mol. The molecule has 132 valence electrons. The highest BCUT2D eigenvalue weighted by atomic mass is 16.5. The van der Waals surface area contributed by atoms with Crippen molar-refractivity contribution < 1.29 is 9.53 Å². The number of amides is 1. The van der Waals surface area contributed by atoms with E-state index in [1.165, 1.54) is 0 Å². The van der Waals surface area contributed by atoms with E-state index in [0.717, 1.165) is 61.6 Å². The van der Waals surface area contributed by atoms with Crippen LogP contribution in [0.15, 0.2) is 18.5 Å². The van der Waals surface area contributed by atoms with Crippen LogP contribution >= 0.6 is 0 Å². The average Bonchev–Trinajstić information content (AvgIpc) is 2.67. The van der Waals surface area contributed by atoms with Crippen molar-refractivity contribution in [2.45, 2.75) is 19.8 Å². The van der Waals surface area contributed by atoms with Gasteiger partial charge in [0.2, 0.25) is 5.91 Å². The summed E-state index contributed by atoms with van der Waals surface area (Å²) in [6.07, 6.45) is 5.29. The molecule has 4 heterocycles. The monoisotopic (exact) mass is 341 g/mol. The Bertz CT molecular complexity index is 767. The van der Waals surface area contributed by atoms with Gasteiger partial charge in [0.1, 0.15) is 11.6 Å². The number of carbonyl (C=O) groups excluding carboxylic acids is 1. The van der Waals surface area contributed by atoms with Crippen LogP contribution in [0.3, 0.4) is 0 Å². The number of anilines is 1. The normalized spacial score (nSPS) is 19.4. The number of hydrogen-bond acceptors (Lipinski definition) is 6. The van der Waals surface area contributed by atoms with Gasteiger partial charge in [-0.25, -0.2) is 9.97 Å². The van der Waals surface area contributed by atoms with Gasteiger partial charge in [-0.2, -0.15) is 0 Å². The number of aromatic nitrogens is 3. The molecule has 2 aliphatic rings. The largest absolute Gasteiger partial charge is 0.378 e. The third kappa shape index (κ3) is 3.28. The molecule has 25 heavy (non-hydrogen) atoms. The van der Waals surface area contributed by atoms with Crippen molar-refractivity contribution in [2.75, 3.05) is 44.3 Å². The second-order valence-corrected chi connectivity index (χ2v) is 6.69. The molecule has 0 radical (unpaired) electrons. The van der Waals surface area contributed by atoms with E-state index in [4.69, 9.17) is 4.74 Å². The zero-order chi connectivity index (χ0) is 17.2. The Morgan fingerprint density at radius 2 is 1.92 bits per heavy atom. The molecule has 0 N–H and O–H groups in total. The Hall–Kier alpha value is -2.28. The van der Waals surface area contributed by atoms with Crippen LogP contribution in [0.2, 0.25) is 0 Å². The summed E-state index contributed by atoms with van der Waals surface area (Å²) in [5.74, 6) is 2.12. The molecule has 2 aliphatic heterocycles. The lowest BCUT2D eigenvalue weighted by Crippen LogP contribution is -2.47. The number of rotatable bonds is 2. The Labute approximate surface area is 147 Å². The van der Waals surface area contributed by atoms with Gasteiger partial charge in [0, 0.05) is 43.7 Å². The van der Waals surface area contributed by atoms with Gasteiger partial charge in [-0.3, -0.25) is 9.78 Å². The minimum Gasteiger partial charge on any atom is -0.378 e. The molecule has 0 spiro atoms. The maximum absolute atomic E-state index is 12.7. The summed E-state index contributed by atoms with van der Waals surface area (Å²) in [6.45, 7) is 6.35. The number of pyridine rings is 1. The number of fused-ring (bicyclic) bond motifs is 1. The van der Waals surface area contributed by atoms with Crippen LogP contribution in [-0.4, -0.2) is 65.2 Å². The first-order valence-corrected chi connectivity index (χ1v) is 8.92. The molecule has 0 atom stereocenters. The first-order valence-electron chi connectivity index (χ1n) is 8.92. The molecule has 2 fully saturated rings. The van der Waals surface area contributed by atoms with Crippen molar-refractivity contribution in [3.8, 4) is 0 Å². The Morgan fingerprint density at radius 3 is 2.68 bits per heavy atom. The summed E-state index contributed by atoms with van der Waals surface area (Å²) < 4.78 is 5.34. The summed E-state index contributed by atoms with van der Waals surface area (Å²) in [4.78, 5) is 30.2. The molecule has 4 rings (SSSR count). The first kappa shape index (κ1) is 16.2. The molecule has 7 heteroatoms. The number of ether oxygens (including phenoxy) is 1. The SMILES string of the molecule is Cc1nc(N2CCC(C(=O)N3CCOCC3)CC2)c2ccncc2n1. The van der Waals surface area contributed by atoms with Crippen LogP contribution in [-0.2, 0) is 9.53 Å². The van der Waals surface area contributed by atoms with Gasteiger partial charge < -0.3 is 14.5 Å². The molecular formula is C18H23N5O2. The number of nitrogens with zero attached hydrogens (tertiary/aromatic N) is 5. The maximum Gasteiger partial charge on any atom is 0.225 e. The molecule has 0 bridgehead atoms. The fourth-order valence-electron chi connectivity index (χ4n) is 3.70. The third-order valence-corrected chi connectivity index (χ3v) is 5.06. The van der Waals surface area contributed by atoms with Crippen LogP contribution in [0.25, 0.3) is 10.9 Å². The molecule has 0 aromatic carbocycles. The van der Waals surface area contributed by atoms with Gasteiger partial charge in [-0.15, -0.1) is 0 Å². The van der Waals surface area contributed by atoms with Gasteiger partial charge in [-0.05, 0) is 25.8 Å². The number of carbonyl (C=O) groups is 1. The Balaban J connectivity index is 1.48. The second kappa shape index (κ2) is 6.92. The van der Waals surface area contributed by atoms with E-state index in [2.05, 4.69) is 19.9 Å². The van der Waals surface area contributed by atoms with E-state index in [1.807, 2.05) is 17.9 Å². The molecule has 2 aromatic rings. The van der Waals surface area contributed by atoms with Gasteiger partial charge in [-0.1, -0.05) is 0 Å². The minimum absolute atomic E-state index is 0.116. The van der Waals surface area contributed by atoms with Crippen molar-refractivity contribution in [3.63, 3.8) is 0 Å². The minimum atomic E-state index is 0.116. The fourth-order valence-corrected chi connectivity index (χ4v) is 3.70. The lowest BCUT2D eigenvalue weighted by atomic mass is 9.95. The molecule has 0 aliphatic carbocycles. The lowest BCUT2D eigenvalue weighted by molar-refractivity contribution is -0.140. The number of piperidine rings is 1. The van der Waals surface area contributed by atoms with Crippen molar-refractivity contribution in [2.24, 2.45) is 5.92 Å². The van der Waals surface area contributed by atoms with E-state index in [9.17, 15) is 4.79 Å². The summed E-state index contributed by atoms with van der Waals surface area (Å²) in [5.41, 5.74) is 0.872. The quantitative estimate of drug-likeness (QED) is 0.822. The van der Waals surface area contributed by atoms with Crippen LogP contribution in [0.1, 0.15) is 18.7 Å². The lowest BCUT2D eigenvalue weighted by Gasteiger charge is -2.36. The summed E-state index contributed by atoms with van der Waals surface area (Å²) >= 11 is 0. The van der Waals surface area contributed by atoms with Crippen molar-refractivity contribution in [1.29, 1.82) is 0 Å². The van der Waals surface area contributed by atoms with Gasteiger partial charge in [0.15, 0.2) is 0 Å². The summed E-state index contributed by atoms with van der Waals surface area (Å²) in [5, 5.41) is 1.03. The predicted octanol–water partition coefficient (Wildman–Crippen LogP) is 1.41. The number of aryl methyl sites for hydroxylation is 1. The highest BCUT2D eigenvalue weighted by Crippen LogP contribution is 2.28. The highest BCUT2D eigenvalue weighted by molar-refractivity contribution is 5.89. The molecule has 2 saturated heterocycles. The van der Waals surface area contributed by atoms with E-state index in [-0.39, 0.29) is 11.8 Å². The van der Waals surface area contributed by atoms with E-state index >= 15 is 0 Å². The number of hydrogen-bond donors (Lipinski definition) is 0. The van der Waals surface area contributed by atoms with Crippen molar-refractivity contribution in [1.82, 2.24) is 19.9 Å². The highest BCUT2D eigenvalue weighted by Gasteiger charge is 2.30. The summed E-state index contributed by atoms with van der Waals surface area (Å²) in [7, 11) is 0. The van der Waals surface area contributed by atoms with E-state index in [1.54, 1.807) is 12.4 Å². The van der Waals surface area contributed by atoms with E-state index in [0.29, 0.717) is 13.2 Å². The van der Waals surface area contributed by atoms with Crippen LogP contribution in [0.4, 0.5) is 5.82 Å². The smallest absolute Gasteiger partial charge is 0.225 e. The van der Waals surface area contributed by atoms with Crippen LogP contribution in [0.5, 0.6) is 0 Å². The standard InChI is InChI=1S/C18H23N5O2/c1-13-20-16-12-19-5-2-15(16)17(21-13)22-6-3-14(4-7-22)18(24)23-8-10-25-11-9-23/h2,5,12,14H,3-4,6-11H2,1H3. The first-order chi connectivity index (χ1) is 12.2. The second-order valence-electron chi connectivity index (χ2n) is 6.69. The number of morpholine rings is 1. The third-order valence-electron chi connectivity index (χ3n) is 5.06. The van der Waals surface area contributed by atoms with Gasteiger partial charge in [0.05, 0.1) is 24.9 Å². The predicted molar refractivity (Wildman–Crippen MR) is 94.4 cm³/mol. The summed E-state index contributed by atoms with van der Waals surface area (Å²) in [6, 6.07) is 1.97. The van der Waals surface area contributed by atoms with Crippen LogP contribution in [0, 0.1) is 12.8 Å². The Morgan fingerprint density at radius 1 is 1.16 bits per heavy atom. The molecule has 0 saturated carbocycles. The Kier molecular flexibility index (Phi) is 4.48. The van der Waals surface area contributed by atoms with E-state index < -0.39 is 0 Å². The molecule has 0 unspecified atom stereocenters. The average molecular weight is 341 g/mol. The van der Waals surface area contributed by atoms with Crippen molar-refractivity contribution >= 4 is 22.6 Å². The zero-order valence-electron chi connectivity index (χ0n) is 14.5. The van der Waals surface area contributed by atoms with Crippen molar-refractivity contribution in [3.05, 3.63) is 24.3 Å².